The molecule has 0 aliphatic rings. The van der Waals surface area contributed by atoms with Crippen LogP contribution in [0.4, 0.5) is 11.5 Å². The number of nitrogens with zero attached hydrogens (tertiary/aromatic N) is 4. The summed E-state index contributed by atoms with van der Waals surface area (Å²) in [4.78, 5) is 27.6. The van der Waals surface area contributed by atoms with E-state index in [1.165, 1.54) is 41.2 Å². The van der Waals surface area contributed by atoms with Crippen LogP contribution in [0, 0.1) is 30.9 Å². The Morgan fingerprint density at radius 3 is 2.48 bits per heavy atom. The Labute approximate surface area is 170 Å². The molecular formula is C20H17N5O3S. The molecule has 0 saturated heterocycles. The summed E-state index contributed by atoms with van der Waals surface area (Å²) >= 11 is 1.49. The number of carbonyl (C=O) groups is 1. The molecule has 1 amide bonds. The van der Waals surface area contributed by atoms with Crippen LogP contribution in [0.25, 0.3) is 15.3 Å². The number of nitro benzene ring substituents is 1. The van der Waals surface area contributed by atoms with Crippen molar-refractivity contribution in [3.8, 4) is 5.13 Å². The normalized spacial score (nSPS) is 11.0. The molecule has 2 aromatic carbocycles. The molecule has 146 valence electrons. The molecule has 0 aliphatic heterocycles. The van der Waals surface area contributed by atoms with E-state index in [1.807, 2.05) is 19.9 Å². The molecule has 2 aromatic heterocycles. The number of hydrogen-bond donors (Lipinski definition) is 1. The van der Waals surface area contributed by atoms with Crippen molar-refractivity contribution in [3.05, 3.63) is 75.0 Å². The lowest BCUT2D eigenvalue weighted by atomic mass is 10.1. The van der Waals surface area contributed by atoms with Gasteiger partial charge in [-0.3, -0.25) is 14.9 Å². The Kier molecular flexibility index (Phi) is 4.59. The summed E-state index contributed by atoms with van der Waals surface area (Å²) in [5, 5.41) is 18.7. The van der Waals surface area contributed by atoms with Crippen LogP contribution in [0.15, 0.2) is 42.5 Å². The number of carbonyl (C=O) groups excluding carboxylic acids is 1. The van der Waals surface area contributed by atoms with E-state index in [0.29, 0.717) is 16.5 Å². The zero-order chi connectivity index (χ0) is 20.7. The Hall–Kier alpha value is -3.59. The molecule has 0 radical (unpaired) electrons. The first kappa shape index (κ1) is 18.8. The van der Waals surface area contributed by atoms with Crippen LogP contribution in [-0.2, 0) is 0 Å². The lowest BCUT2D eigenvalue weighted by molar-refractivity contribution is -0.384. The summed E-state index contributed by atoms with van der Waals surface area (Å²) in [7, 11) is 0. The van der Waals surface area contributed by atoms with Crippen LogP contribution in [-0.4, -0.2) is 25.6 Å². The Bertz CT molecular complexity index is 1220. The first-order valence-corrected chi connectivity index (χ1v) is 9.64. The highest BCUT2D eigenvalue weighted by atomic mass is 32.1. The highest BCUT2D eigenvalue weighted by molar-refractivity contribution is 7.20. The second-order valence-electron chi connectivity index (χ2n) is 6.74. The third-order valence-corrected chi connectivity index (χ3v) is 5.58. The summed E-state index contributed by atoms with van der Waals surface area (Å²) in [6.45, 7) is 5.93. The van der Waals surface area contributed by atoms with Gasteiger partial charge in [0, 0.05) is 23.8 Å². The average molecular weight is 407 g/mol. The number of hydrogen-bond acceptors (Lipinski definition) is 6. The van der Waals surface area contributed by atoms with Crippen molar-refractivity contribution < 1.29 is 9.72 Å². The quantitative estimate of drug-likeness (QED) is 0.394. The second-order valence-corrected chi connectivity index (χ2v) is 7.75. The maximum atomic E-state index is 12.6. The topological polar surface area (TPSA) is 103 Å². The molecular weight excluding hydrogens is 390 g/mol. The van der Waals surface area contributed by atoms with Crippen molar-refractivity contribution >= 4 is 39.0 Å². The van der Waals surface area contributed by atoms with Gasteiger partial charge in [0.25, 0.3) is 11.6 Å². The molecule has 4 rings (SSSR count). The van der Waals surface area contributed by atoms with Gasteiger partial charge >= 0.3 is 0 Å². The fourth-order valence-electron chi connectivity index (χ4n) is 2.92. The van der Waals surface area contributed by atoms with E-state index < -0.39 is 4.92 Å². The molecule has 0 spiro atoms. The minimum Gasteiger partial charge on any atom is -0.306 e. The van der Waals surface area contributed by atoms with Gasteiger partial charge in [0.15, 0.2) is 0 Å². The number of aromatic nitrogens is 3. The number of anilines is 1. The number of nitro groups is 1. The highest BCUT2D eigenvalue weighted by Gasteiger charge is 2.16. The Morgan fingerprint density at radius 1 is 1.10 bits per heavy atom. The van der Waals surface area contributed by atoms with Gasteiger partial charge in [0.2, 0.25) is 5.13 Å². The summed E-state index contributed by atoms with van der Waals surface area (Å²) in [6.07, 6.45) is 0. The molecule has 4 aromatic rings. The van der Waals surface area contributed by atoms with E-state index in [1.54, 1.807) is 10.7 Å². The molecule has 0 atom stereocenters. The molecule has 8 nitrogen and oxygen atoms in total. The largest absolute Gasteiger partial charge is 0.306 e. The number of aryl methyl sites for hydroxylation is 3. The molecule has 0 bridgehead atoms. The Morgan fingerprint density at radius 2 is 1.79 bits per heavy atom. The van der Waals surface area contributed by atoms with Gasteiger partial charge in [-0.25, -0.2) is 4.98 Å². The standard InChI is InChI=1S/C20H17N5O3S/c1-11-8-16-17(9-12(11)2)29-20(21-16)24-18(10-13(3)23-24)22-19(26)14-4-6-15(7-5-14)25(27)28/h4-10H,1-3H3,(H,22,26). The van der Waals surface area contributed by atoms with Crippen LogP contribution < -0.4 is 5.32 Å². The number of fused-ring (bicyclic) bond motifs is 1. The minimum atomic E-state index is -0.503. The molecule has 9 heteroatoms. The van der Waals surface area contributed by atoms with Gasteiger partial charge in [-0.2, -0.15) is 9.78 Å². The van der Waals surface area contributed by atoms with Gasteiger partial charge in [0.1, 0.15) is 5.82 Å². The molecule has 0 fully saturated rings. The third kappa shape index (κ3) is 3.59. The molecule has 2 heterocycles. The molecule has 0 aliphatic carbocycles. The Balaban J connectivity index is 1.66. The van der Waals surface area contributed by atoms with Crippen molar-refractivity contribution in [1.29, 1.82) is 0 Å². The van der Waals surface area contributed by atoms with Crippen LogP contribution in [0.3, 0.4) is 0 Å². The van der Waals surface area contributed by atoms with E-state index in [0.717, 1.165) is 21.5 Å². The van der Waals surface area contributed by atoms with Gasteiger partial charge < -0.3 is 5.32 Å². The van der Waals surface area contributed by atoms with E-state index in [9.17, 15) is 14.9 Å². The number of rotatable bonds is 4. The molecule has 0 unspecified atom stereocenters. The predicted molar refractivity (Wildman–Crippen MR) is 112 cm³/mol. The summed E-state index contributed by atoms with van der Waals surface area (Å²) in [5.74, 6) is 0.104. The number of amides is 1. The van der Waals surface area contributed by atoms with Gasteiger partial charge in [-0.15, -0.1) is 0 Å². The van der Waals surface area contributed by atoms with Gasteiger partial charge in [0.05, 0.1) is 20.8 Å². The molecule has 0 saturated carbocycles. The number of non-ortho nitro benzene ring substituents is 1. The van der Waals surface area contributed by atoms with E-state index in [-0.39, 0.29) is 11.6 Å². The molecule has 1 N–H and O–H groups in total. The van der Waals surface area contributed by atoms with E-state index >= 15 is 0 Å². The molecule has 29 heavy (non-hydrogen) atoms. The highest BCUT2D eigenvalue weighted by Crippen LogP contribution is 2.29. The summed E-state index contributed by atoms with van der Waals surface area (Å²) < 4.78 is 2.65. The predicted octanol–water partition coefficient (Wildman–Crippen LogP) is 4.57. The van der Waals surface area contributed by atoms with Gasteiger partial charge in [-0.05, 0) is 56.2 Å². The second kappa shape index (κ2) is 7.10. The number of benzene rings is 2. The van der Waals surface area contributed by atoms with Crippen LogP contribution >= 0.6 is 11.3 Å². The minimum absolute atomic E-state index is 0.0671. The summed E-state index contributed by atoms with van der Waals surface area (Å²) in [5.41, 5.74) is 4.22. The van der Waals surface area contributed by atoms with E-state index in [2.05, 4.69) is 28.4 Å². The first-order chi connectivity index (χ1) is 13.8. The van der Waals surface area contributed by atoms with Crippen molar-refractivity contribution in [2.24, 2.45) is 0 Å². The monoisotopic (exact) mass is 407 g/mol. The van der Waals surface area contributed by atoms with Crippen molar-refractivity contribution in [2.75, 3.05) is 5.32 Å². The fourth-order valence-corrected chi connectivity index (χ4v) is 3.93. The zero-order valence-corrected chi connectivity index (χ0v) is 16.8. The van der Waals surface area contributed by atoms with Crippen LogP contribution in [0.2, 0.25) is 0 Å². The first-order valence-electron chi connectivity index (χ1n) is 8.82. The van der Waals surface area contributed by atoms with Crippen molar-refractivity contribution in [2.45, 2.75) is 20.8 Å². The lowest BCUT2D eigenvalue weighted by Crippen LogP contribution is -2.15. The lowest BCUT2D eigenvalue weighted by Gasteiger charge is -2.06. The number of thiazole rings is 1. The smallest absolute Gasteiger partial charge is 0.269 e. The van der Waals surface area contributed by atoms with Crippen molar-refractivity contribution in [1.82, 2.24) is 14.8 Å². The van der Waals surface area contributed by atoms with Gasteiger partial charge in [-0.1, -0.05) is 11.3 Å². The van der Waals surface area contributed by atoms with Crippen LogP contribution in [0.5, 0.6) is 0 Å². The zero-order valence-electron chi connectivity index (χ0n) is 16.0. The van der Waals surface area contributed by atoms with Crippen molar-refractivity contribution in [3.63, 3.8) is 0 Å². The average Bonchev–Trinajstić information content (AvgIpc) is 3.24. The maximum absolute atomic E-state index is 12.6. The summed E-state index contributed by atoms with van der Waals surface area (Å²) in [6, 6.07) is 11.3. The number of nitrogens with one attached hydrogen (secondary N) is 1. The van der Waals surface area contributed by atoms with E-state index in [4.69, 9.17) is 0 Å². The fraction of sp³-hybridized carbons (Fsp3) is 0.150. The maximum Gasteiger partial charge on any atom is 0.269 e. The third-order valence-electron chi connectivity index (χ3n) is 4.59. The SMILES string of the molecule is Cc1cc(NC(=O)c2ccc([N+](=O)[O-])cc2)n(-c2nc3cc(C)c(C)cc3s2)n1. The van der Waals surface area contributed by atoms with Crippen LogP contribution in [0.1, 0.15) is 27.2 Å².